The fraction of sp³-hybridized carbons (Fsp3) is 0.571. The minimum Gasteiger partial charge on any atom is -0.397 e. The van der Waals surface area contributed by atoms with Crippen LogP contribution < -0.4 is 21.7 Å². The number of hydrogen-bond acceptors (Lipinski definition) is 5. The van der Waals surface area contributed by atoms with Crippen molar-refractivity contribution in [2.75, 3.05) is 31.2 Å². The van der Waals surface area contributed by atoms with Gasteiger partial charge >= 0.3 is 0 Å². The van der Waals surface area contributed by atoms with Gasteiger partial charge in [0.1, 0.15) is 9.88 Å². The first kappa shape index (κ1) is 15.6. The summed E-state index contributed by atoms with van der Waals surface area (Å²) < 4.78 is 0. The van der Waals surface area contributed by atoms with Crippen molar-refractivity contribution < 1.29 is 9.59 Å². The normalized spacial score (nSPS) is 15.4. The van der Waals surface area contributed by atoms with E-state index in [-0.39, 0.29) is 17.5 Å². The molecule has 1 saturated carbocycles. The summed E-state index contributed by atoms with van der Waals surface area (Å²) in [6, 6.07) is 0. The molecular formula is C14H22N4O2S. The Labute approximate surface area is 128 Å². The molecule has 1 aromatic heterocycles. The van der Waals surface area contributed by atoms with Crippen LogP contribution in [0, 0.1) is 5.41 Å². The molecule has 0 atom stereocenters. The van der Waals surface area contributed by atoms with E-state index in [1.54, 1.807) is 7.05 Å². The minimum absolute atomic E-state index is 0.240. The fourth-order valence-corrected chi connectivity index (χ4v) is 3.04. The largest absolute Gasteiger partial charge is 0.397 e. The van der Waals surface area contributed by atoms with Crippen LogP contribution in [0.2, 0.25) is 0 Å². The van der Waals surface area contributed by atoms with Crippen molar-refractivity contribution in [1.82, 2.24) is 10.6 Å². The smallest absolute Gasteiger partial charge is 0.263 e. The Bertz CT molecular complexity index is 564. The lowest BCUT2D eigenvalue weighted by molar-refractivity contribution is 0.0959. The van der Waals surface area contributed by atoms with Gasteiger partial charge in [0.05, 0.1) is 11.3 Å². The molecule has 6 nitrogen and oxygen atoms in total. The Hall–Kier alpha value is -1.76. The first-order valence-corrected chi connectivity index (χ1v) is 7.90. The quantitative estimate of drug-likeness (QED) is 0.642. The molecule has 0 saturated heterocycles. The Balaban J connectivity index is 2.29. The summed E-state index contributed by atoms with van der Waals surface area (Å²) in [5.41, 5.74) is 6.92. The minimum atomic E-state index is -0.275. The summed E-state index contributed by atoms with van der Waals surface area (Å²) in [6.45, 7) is 5.34. The number of thiophene rings is 1. The second-order valence-corrected chi connectivity index (χ2v) is 6.67. The lowest BCUT2D eigenvalue weighted by atomic mass is 10.1. The van der Waals surface area contributed by atoms with E-state index in [1.807, 2.05) is 6.92 Å². The topological polar surface area (TPSA) is 96.2 Å². The maximum absolute atomic E-state index is 12.0. The number of nitrogen functional groups attached to an aromatic ring is 1. The molecule has 116 valence electrons. The van der Waals surface area contributed by atoms with Crippen molar-refractivity contribution in [3.05, 3.63) is 10.4 Å². The number of amides is 2. The summed E-state index contributed by atoms with van der Waals surface area (Å²) in [7, 11) is 1.55. The molecule has 2 rings (SSSR count). The van der Waals surface area contributed by atoms with Gasteiger partial charge < -0.3 is 21.7 Å². The number of carbonyl (C=O) groups excluding carboxylic acids is 2. The van der Waals surface area contributed by atoms with E-state index in [2.05, 4.69) is 22.9 Å². The van der Waals surface area contributed by atoms with Gasteiger partial charge in [0.2, 0.25) is 0 Å². The van der Waals surface area contributed by atoms with Gasteiger partial charge in [0.25, 0.3) is 11.8 Å². The third-order valence-corrected chi connectivity index (χ3v) is 4.88. The lowest BCUT2D eigenvalue weighted by Crippen LogP contribution is -2.24. The average Bonchev–Trinajstić information content (AvgIpc) is 3.09. The summed E-state index contributed by atoms with van der Waals surface area (Å²) in [5, 5.41) is 9.25. The molecule has 21 heavy (non-hydrogen) atoms. The zero-order valence-electron chi connectivity index (χ0n) is 12.6. The highest BCUT2D eigenvalue weighted by molar-refractivity contribution is 7.19. The number of hydrogen-bond donors (Lipinski definition) is 4. The SMILES string of the molecule is CCNC(=O)c1sc(NCC2(C)CC2)c(C(=O)NC)c1N. The molecule has 1 aliphatic carbocycles. The number of nitrogens with two attached hydrogens (primary N) is 1. The van der Waals surface area contributed by atoms with Gasteiger partial charge in [-0.15, -0.1) is 11.3 Å². The van der Waals surface area contributed by atoms with E-state index in [9.17, 15) is 9.59 Å². The maximum Gasteiger partial charge on any atom is 0.263 e. The number of carbonyl (C=O) groups is 2. The highest BCUT2D eigenvalue weighted by atomic mass is 32.1. The molecule has 0 aliphatic heterocycles. The summed E-state index contributed by atoms with van der Waals surface area (Å²) in [6.07, 6.45) is 2.36. The predicted octanol–water partition coefficient (Wildman–Crippen LogP) is 1.65. The molecule has 1 aliphatic rings. The van der Waals surface area contributed by atoms with Crippen molar-refractivity contribution >= 4 is 33.8 Å². The number of rotatable bonds is 6. The van der Waals surface area contributed by atoms with E-state index < -0.39 is 0 Å². The van der Waals surface area contributed by atoms with E-state index in [0.717, 1.165) is 6.54 Å². The molecule has 0 unspecified atom stereocenters. The van der Waals surface area contributed by atoms with E-state index in [1.165, 1.54) is 24.2 Å². The molecule has 2 amide bonds. The molecule has 0 radical (unpaired) electrons. The highest BCUT2D eigenvalue weighted by Gasteiger charge is 2.37. The predicted molar refractivity (Wildman–Crippen MR) is 86.0 cm³/mol. The van der Waals surface area contributed by atoms with Crippen molar-refractivity contribution in [1.29, 1.82) is 0 Å². The zero-order chi connectivity index (χ0) is 15.6. The monoisotopic (exact) mass is 310 g/mol. The van der Waals surface area contributed by atoms with Crippen LogP contribution in [0.15, 0.2) is 0 Å². The third kappa shape index (κ3) is 3.29. The Morgan fingerprint density at radius 3 is 2.52 bits per heavy atom. The van der Waals surface area contributed by atoms with Gasteiger partial charge in [0, 0.05) is 20.1 Å². The lowest BCUT2D eigenvalue weighted by Gasteiger charge is -2.11. The summed E-state index contributed by atoms with van der Waals surface area (Å²) in [5.74, 6) is -0.515. The molecule has 0 aromatic carbocycles. The molecular weight excluding hydrogens is 288 g/mol. The van der Waals surface area contributed by atoms with Crippen LogP contribution in [0.1, 0.15) is 46.7 Å². The molecule has 1 heterocycles. The van der Waals surface area contributed by atoms with Crippen molar-refractivity contribution in [2.24, 2.45) is 5.41 Å². The van der Waals surface area contributed by atoms with Gasteiger partial charge in [0.15, 0.2) is 0 Å². The van der Waals surface area contributed by atoms with Crippen LogP contribution in [0.4, 0.5) is 10.7 Å². The second-order valence-electron chi connectivity index (χ2n) is 5.65. The average molecular weight is 310 g/mol. The van der Waals surface area contributed by atoms with Crippen LogP contribution in [-0.4, -0.2) is 32.0 Å². The second kappa shape index (κ2) is 5.93. The molecule has 7 heteroatoms. The van der Waals surface area contributed by atoms with Gasteiger partial charge in [-0.05, 0) is 25.2 Å². The Morgan fingerprint density at radius 2 is 2.00 bits per heavy atom. The Morgan fingerprint density at radius 1 is 1.33 bits per heavy atom. The van der Waals surface area contributed by atoms with Gasteiger partial charge in [-0.25, -0.2) is 0 Å². The molecule has 1 aromatic rings. The van der Waals surface area contributed by atoms with Crippen LogP contribution in [-0.2, 0) is 0 Å². The number of anilines is 2. The molecule has 1 fully saturated rings. The summed E-state index contributed by atoms with van der Waals surface area (Å²) in [4.78, 5) is 24.4. The first-order valence-electron chi connectivity index (χ1n) is 7.08. The zero-order valence-corrected chi connectivity index (χ0v) is 13.4. The van der Waals surface area contributed by atoms with Crippen LogP contribution in [0.5, 0.6) is 0 Å². The Kier molecular flexibility index (Phi) is 4.41. The highest BCUT2D eigenvalue weighted by Crippen LogP contribution is 2.46. The van der Waals surface area contributed by atoms with Crippen LogP contribution >= 0.6 is 11.3 Å². The van der Waals surface area contributed by atoms with Crippen molar-refractivity contribution in [3.8, 4) is 0 Å². The molecule has 0 bridgehead atoms. The first-order chi connectivity index (χ1) is 9.91. The third-order valence-electron chi connectivity index (χ3n) is 3.72. The van der Waals surface area contributed by atoms with E-state index >= 15 is 0 Å². The van der Waals surface area contributed by atoms with Gasteiger partial charge in [-0.3, -0.25) is 9.59 Å². The molecule has 5 N–H and O–H groups in total. The van der Waals surface area contributed by atoms with Gasteiger partial charge in [-0.1, -0.05) is 6.92 Å². The van der Waals surface area contributed by atoms with Crippen LogP contribution in [0.25, 0.3) is 0 Å². The maximum atomic E-state index is 12.0. The number of nitrogens with one attached hydrogen (secondary N) is 3. The van der Waals surface area contributed by atoms with E-state index in [0.29, 0.717) is 27.4 Å². The van der Waals surface area contributed by atoms with Crippen LogP contribution in [0.3, 0.4) is 0 Å². The van der Waals surface area contributed by atoms with E-state index in [4.69, 9.17) is 5.73 Å². The fourth-order valence-electron chi connectivity index (χ4n) is 2.01. The summed E-state index contributed by atoms with van der Waals surface area (Å²) >= 11 is 1.24. The van der Waals surface area contributed by atoms with Gasteiger partial charge in [-0.2, -0.15) is 0 Å². The molecule has 0 spiro atoms. The van der Waals surface area contributed by atoms with Crippen molar-refractivity contribution in [3.63, 3.8) is 0 Å². The standard InChI is InChI=1S/C14H22N4O2S/c1-4-17-12(20)10-9(15)8(11(19)16-3)13(21-10)18-7-14(2)5-6-14/h18H,4-7,15H2,1-3H3,(H,16,19)(H,17,20). The van der Waals surface area contributed by atoms with Crippen molar-refractivity contribution in [2.45, 2.75) is 26.7 Å².